The standard InChI is InChI=1S/C16H21FN2O3/c1-4-19(5-2)16(21)15-14(18(3)13(20)10-22-15)11-6-8-12(17)9-7-11/h6-9,14-15H,4-5,10H2,1-3H3/t14-,15+/m0/s1. The van der Waals surface area contributed by atoms with Gasteiger partial charge in [-0.3, -0.25) is 9.59 Å². The fourth-order valence-corrected chi connectivity index (χ4v) is 2.69. The van der Waals surface area contributed by atoms with Gasteiger partial charge in [0.15, 0.2) is 6.10 Å². The highest BCUT2D eigenvalue weighted by Gasteiger charge is 2.41. The van der Waals surface area contributed by atoms with E-state index < -0.39 is 12.1 Å². The van der Waals surface area contributed by atoms with Crippen molar-refractivity contribution in [3.8, 4) is 0 Å². The average Bonchev–Trinajstić information content (AvgIpc) is 2.52. The number of halogens is 1. The molecule has 2 atom stereocenters. The van der Waals surface area contributed by atoms with Crippen LogP contribution in [0.4, 0.5) is 4.39 Å². The molecular weight excluding hydrogens is 287 g/mol. The van der Waals surface area contributed by atoms with E-state index in [-0.39, 0.29) is 24.2 Å². The number of hydrogen-bond acceptors (Lipinski definition) is 3. The first kappa shape index (κ1) is 16.4. The first-order valence-electron chi connectivity index (χ1n) is 7.41. The third kappa shape index (κ3) is 3.11. The summed E-state index contributed by atoms with van der Waals surface area (Å²) in [7, 11) is 1.64. The van der Waals surface area contributed by atoms with Crippen molar-refractivity contribution in [1.29, 1.82) is 0 Å². The number of nitrogens with zero attached hydrogens (tertiary/aromatic N) is 2. The molecule has 0 N–H and O–H groups in total. The van der Waals surface area contributed by atoms with Crippen molar-refractivity contribution in [3.05, 3.63) is 35.6 Å². The summed E-state index contributed by atoms with van der Waals surface area (Å²) in [5, 5.41) is 0. The highest BCUT2D eigenvalue weighted by atomic mass is 19.1. The molecule has 0 aromatic heterocycles. The maximum absolute atomic E-state index is 13.1. The Balaban J connectivity index is 2.35. The van der Waals surface area contributed by atoms with Crippen LogP contribution in [0.25, 0.3) is 0 Å². The van der Waals surface area contributed by atoms with Crippen LogP contribution in [0.2, 0.25) is 0 Å². The number of carbonyl (C=O) groups excluding carboxylic acids is 2. The molecule has 6 heteroatoms. The van der Waals surface area contributed by atoms with Crippen molar-refractivity contribution >= 4 is 11.8 Å². The van der Waals surface area contributed by atoms with Crippen molar-refractivity contribution in [3.63, 3.8) is 0 Å². The monoisotopic (exact) mass is 308 g/mol. The lowest BCUT2D eigenvalue weighted by atomic mass is 9.97. The van der Waals surface area contributed by atoms with Crippen LogP contribution < -0.4 is 0 Å². The lowest BCUT2D eigenvalue weighted by Crippen LogP contribution is -2.53. The van der Waals surface area contributed by atoms with Crippen molar-refractivity contribution < 1.29 is 18.7 Å². The normalized spacial score (nSPS) is 21.8. The number of carbonyl (C=O) groups is 2. The van der Waals surface area contributed by atoms with Gasteiger partial charge in [0.05, 0.1) is 6.04 Å². The van der Waals surface area contributed by atoms with Gasteiger partial charge in [-0.25, -0.2) is 4.39 Å². The molecule has 0 spiro atoms. The Kier molecular flexibility index (Phi) is 5.13. The van der Waals surface area contributed by atoms with E-state index in [2.05, 4.69) is 0 Å². The largest absolute Gasteiger partial charge is 0.356 e. The molecule has 1 fully saturated rings. The molecule has 0 radical (unpaired) electrons. The van der Waals surface area contributed by atoms with Crippen LogP contribution in [0.15, 0.2) is 24.3 Å². The summed E-state index contributed by atoms with van der Waals surface area (Å²) in [6, 6.07) is 5.26. The predicted octanol–water partition coefficient (Wildman–Crippen LogP) is 1.59. The van der Waals surface area contributed by atoms with Crippen LogP contribution >= 0.6 is 0 Å². The third-order valence-electron chi connectivity index (χ3n) is 4.01. The summed E-state index contributed by atoms with van der Waals surface area (Å²) in [6.07, 6.45) is -0.770. The van der Waals surface area contributed by atoms with Crippen LogP contribution in [0, 0.1) is 5.82 Å². The van der Waals surface area contributed by atoms with Gasteiger partial charge in [0, 0.05) is 20.1 Å². The van der Waals surface area contributed by atoms with Gasteiger partial charge in [0.1, 0.15) is 12.4 Å². The van der Waals surface area contributed by atoms with Crippen molar-refractivity contribution in [2.24, 2.45) is 0 Å². The van der Waals surface area contributed by atoms with Crippen LogP contribution in [-0.2, 0) is 14.3 Å². The topological polar surface area (TPSA) is 49.9 Å². The average molecular weight is 308 g/mol. The van der Waals surface area contributed by atoms with Gasteiger partial charge in [-0.15, -0.1) is 0 Å². The molecule has 5 nitrogen and oxygen atoms in total. The zero-order valence-corrected chi connectivity index (χ0v) is 13.1. The van der Waals surface area contributed by atoms with Crippen LogP contribution in [0.1, 0.15) is 25.5 Å². The second-order valence-electron chi connectivity index (χ2n) is 5.24. The minimum absolute atomic E-state index is 0.119. The molecule has 0 aliphatic carbocycles. The van der Waals surface area contributed by atoms with Crippen molar-refractivity contribution in [1.82, 2.24) is 9.80 Å². The summed E-state index contributed by atoms with van der Waals surface area (Å²) >= 11 is 0. The van der Waals surface area contributed by atoms with E-state index in [1.54, 1.807) is 24.1 Å². The number of likely N-dealkylation sites (N-methyl/N-ethyl adjacent to an activating group) is 2. The second kappa shape index (κ2) is 6.87. The molecule has 1 heterocycles. The molecule has 1 aliphatic rings. The van der Waals surface area contributed by atoms with Gasteiger partial charge in [0.2, 0.25) is 5.91 Å². The Morgan fingerprint density at radius 3 is 2.45 bits per heavy atom. The highest BCUT2D eigenvalue weighted by Crippen LogP contribution is 2.30. The zero-order chi connectivity index (χ0) is 16.3. The Morgan fingerprint density at radius 1 is 1.32 bits per heavy atom. The van der Waals surface area contributed by atoms with Gasteiger partial charge < -0.3 is 14.5 Å². The first-order chi connectivity index (χ1) is 10.5. The van der Waals surface area contributed by atoms with Crippen molar-refractivity contribution in [2.75, 3.05) is 26.7 Å². The minimum Gasteiger partial charge on any atom is -0.356 e. The third-order valence-corrected chi connectivity index (χ3v) is 4.01. The summed E-state index contributed by atoms with van der Waals surface area (Å²) in [6.45, 7) is 4.82. The summed E-state index contributed by atoms with van der Waals surface area (Å²) in [5.74, 6) is -0.710. The number of morpholine rings is 1. The molecule has 1 aromatic rings. The highest BCUT2D eigenvalue weighted by molar-refractivity contribution is 5.86. The van der Waals surface area contributed by atoms with Crippen LogP contribution in [-0.4, -0.2) is 54.5 Å². The van der Waals surface area contributed by atoms with E-state index in [9.17, 15) is 14.0 Å². The summed E-state index contributed by atoms with van der Waals surface area (Å²) < 4.78 is 18.7. The van der Waals surface area contributed by atoms with Gasteiger partial charge in [-0.05, 0) is 31.5 Å². The maximum Gasteiger partial charge on any atom is 0.254 e. The molecule has 1 aliphatic heterocycles. The SMILES string of the molecule is CCN(CC)C(=O)[C@@H]1OCC(=O)N(C)[C@H]1c1ccc(F)cc1. The number of benzene rings is 1. The molecule has 0 bridgehead atoms. The van der Waals surface area contributed by atoms with Crippen LogP contribution in [0.3, 0.4) is 0 Å². The minimum atomic E-state index is -0.770. The van der Waals surface area contributed by atoms with Gasteiger partial charge in [0.25, 0.3) is 5.91 Å². The predicted molar refractivity (Wildman–Crippen MR) is 79.6 cm³/mol. The number of amides is 2. The Bertz CT molecular complexity index is 543. The molecule has 1 saturated heterocycles. The van der Waals surface area contributed by atoms with Gasteiger partial charge in [-0.1, -0.05) is 12.1 Å². The Morgan fingerprint density at radius 2 is 1.91 bits per heavy atom. The summed E-state index contributed by atoms with van der Waals surface area (Å²) in [4.78, 5) is 27.8. The van der Waals surface area contributed by atoms with E-state index in [1.807, 2.05) is 13.8 Å². The lowest BCUT2D eigenvalue weighted by Gasteiger charge is -2.40. The lowest BCUT2D eigenvalue weighted by molar-refractivity contribution is -0.167. The van der Waals surface area contributed by atoms with E-state index in [1.165, 1.54) is 17.0 Å². The van der Waals surface area contributed by atoms with E-state index in [0.29, 0.717) is 18.7 Å². The van der Waals surface area contributed by atoms with Gasteiger partial charge in [-0.2, -0.15) is 0 Å². The van der Waals surface area contributed by atoms with E-state index in [0.717, 1.165) is 0 Å². The summed E-state index contributed by atoms with van der Waals surface area (Å²) in [5.41, 5.74) is 0.683. The fourth-order valence-electron chi connectivity index (χ4n) is 2.69. The number of rotatable bonds is 4. The van der Waals surface area contributed by atoms with Crippen molar-refractivity contribution in [2.45, 2.75) is 26.0 Å². The molecular formula is C16H21FN2O3. The first-order valence-corrected chi connectivity index (χ1v) is 7.41. The molecule has 22 heavy (non-hydrogen) atoms. The Hall–Kier alpha value is -1.95. The second-order valence-corrected chi connectivity index (χ2v) is 5.24. The molecule has 2 rings (SSSR count). The molecule has 0 saturated carbocycles. The number of ether oxygens (including phenoxy) is 1. The number of hydrogen-bond donors (Lipinski definition) is 0. The molecule has 0 unspecified atom stereocenters. The smallest absolute Gasteiger partial charge is 0.254 e. The fraction of sp³-hybridized carbons (Fsp3) is 0.500. The van der Waals surface area contributed by atoms with E-state index >= 15 is 0 Å². The van der Waals surface area contributed by atoms with Gasteiger partial charge >= 0.3 is 0 Å². The quantitative estimate of drug-likeness (QED) is 0.849. The maximum atomic E-state index is 13.1. The zero-order valence-electron chi connectivity index (χ0n) is 13.1. The molecule has 2 amide bonds. The Labute approximate surface area is 129 Å². The molecule has 120 valence electrons. The molecule has 1 aromatic carbocycles. The van der Waals surface area contributed by atoms with E-state index in [4.69, 9.17) is 4.74 Å². The van der Waals surface area contributed by atoms with Crippen LogP contribution in [0.5, 0.6) is 0 Å².